The number of alkyl halides is 1. The fraction of sp³-hybridized carbons (Fsp3) is 0.571. The second-order valence-electron chi connectivity index (χ2n) is 4.74. The second-order valence-corrected chi connectivity index (χ2v) is 6.15. The molecule has 0 radical (unpaired) electrons. The van der Waals surface area contributed by atoms with Crippen molar-refractivity contribution in [2.24, 2.45) is 0 Å². The monoisotopic (exact) mass is 350 g/mol. The summed E-state index contributed by atoms with van der Waals surface area (Å²) in [5.74, 6) is 0.796. The molecule has 1 aliphatic rings. The van der Waals surface area contributed by atoms with Gasteiger partial charge in [0.1, 0.15) is 5.75 Å². The van der Waals surface area contributed by atoms with Gasteiger partial charge in [0.2, 0.25) is 0 Å². The van der Waals surface area contributed by atoms with Crippen LogP contribution in [0.25, 0.3) is 0 Å². The highest BCUT2D eigenvalue weighted by Crippen LogP contribution is 2.35. The van der Waals surface area contributed by atoms with Gasteiger partial charge in [-0.2, -0.15) is 0 Å². The fourth-order valence-corrected chi connectivity index (χ4v) is 3.37. The van der Waals surface area contributed by atoms with E-state index in [4.69, 9.17) is 27.9 Å². The van der Waals surface area contributed by atoms with E-state index >= 15 is 0 Å². The molecule has 1 nitrogen and oxygen atoms in total. The molecule has 1 aromatic carbocycles. The van der Waals surface area contributed by atoms with Gasteiger partial charge >= 0.3 is 0 Å². The Kier molecular flexibility index (Phi) is 5.65. The Morgan fingerprint density at radius 2 is 1.78 bits per heavy atom. The third-order valence-electron chi connectivity index (χ3n) is 3.32. The van der Waals surface area contributed by atoms with Gasteiger partial charge in [0, 0.05) is 15.9 Å². The Labute approximate surface area is 127 Å². The molecule has 0 N–H and O–H groups in total. The van der Waals surface area contributed by atoms with Gasteiger partial charge < -0.3 is 4.74 Å². The first-order valence-corrected chi connectivity index (χ1v) is 8.29. The molecule has 2 rings (SSSR count). The maximum absolute atomic E-state index is 6.24. The zero-order chi connectivity index (χ0) is 13.0. The minimum absolute atomic E-state index is 0.295. The number of hydrogen-bond acceptors (Lipinski definition) is 1. The predicted octanol–water partition coefficient (Wildman–Crippen LogP) is 5.99. The van der Waals surface area contributed by atoms with Crippen LogP contribution in [0.1, 0.15) is 44.1 Å². The van der Waals surface area contributed by atoms with Crippen LogP contribution in [0.15, 0.2) is 12.1 Å². The normalized spacial score (nSPS) is 17.5. The van der Waals surface area contributed by atoms with E-state index in [9.17, 15) is 0 Å². The Bertz CT molecular complexity index is 401. The summed E-state index contributed by atoms with van der Waals surface area (Å²) in [5, 5.41) is 1.97. The maximum atomic E-state index is 6.24. The number of hydrogen-bond donors (Lipinski definition) is 0. The van der Waals surface area contributed by atoms with Crippen molar-refractivity contribution in [3.63, 3.8) is 0 Å². The van der Waals surface area contributed by atoms with Crippen molar-refractivity contribution in [2.45, 2.75) is 50.0 Å². The topological polar surface area (TPSA) is 9.23 Å². The summed E-state index contributed by atoms with van der Waals surface area (Å²) in [7, 11) is 0. The first-order chi connectivity index (χ1) is 8.70. The molecule has 0 bridgehead atoms. The van der Waals surface area contributed by atoms with Gasteiger partial charge in [-0.3, -0.25) is 0 Å². The average molecular weight is 352 g/mol. The lowest BCUT2D eigenvalue weighted by Crippen LogP contribution is -2.16. The zero-order valence-electron chi connectivity index (χ0n) is 10.2. The molecule has 4 heteroatoms. The lowest BCUT2D eigenvalue weighted by Gasteiger charge is -2.20. The molecular formula is C14H17BrCl2O. The van der Waals surface area contributed by atoms with E-state index in [1.165, 1.54) is 25.7 Å². The van der Waals surface area contributed by atoms with Crippen molar-refractivity contribution < 1.29 is 4.74 Å². The maximum Gasteiger partial charge on any atom is 0.142 e. The van der Waals surface area contributed by atoms with Crippen molar-refractivity contribution in [3.05, 3.63) is 27.7 Å². The van der Waals surface area contributed by atoms with Crippen LogP contribution in [0, 0.1) is 0 Å². The lowest BCUT2D eigenvalue weighted by atomic mass is 10.1. The van der Waals surface area contributed by atoms with Crippen LogP contribution in [-0.2, 0) is 5.33 Å². The highest BCUT2D eigenvalue weighted by molar-refractivity contribution is 9.08. The lowest BCUT2D eigenvalue weighted by molar-refractivity contribution is 0.182. The van der Waals surface area contributed by atoms with Crippen LogP contribution in [0.4, 0.5) is 0 Å². The molecule has 0 atom stereocenters. The minimum Gasteiger partial charge on any atom is -0.489 e. The van der Waals surface area contributed by atoms with Gasteiger partial charge in [0.25, 0.3) is 0 Å². The summed E-state index contributed by atoms with van der Waals surface area (Å²) in [6, 6.07) is 3.66. The molecule has 100 valence electrons. The van der Waals surface area contributed by atoms with E-state index in [1.54, 1.807) is 6.07 Å². The molecule has 18 heavy (non-hydrogen) atoms. The van der Waals surface area contributed by atoms with Crippen LogP contribution in [0.5, 0.6) is 5.75 Å². The molecule has 0 amide bonds. The summed E-state index contributed by atoms with van der Waals surface area (Å²) in [6.45, 7) is 0. The fourth-order valence-electron chi connectivity index (χ4n) is 2.37. The highest BCUT2D eigenvalue weighted by Gasteiger charge is 2.17. The first-order valence-electron chi connectivity index (χ1n) is 6.41. The summed E-state index contributed by atoms with van der Waals surface area (Å²) in [4.78, 5) is 0. The van der Waals surface area contributed by atoms with Gasteiger partial charge in [-0.25, -0.2) is 0 Å². The van der Waals surface area contributed by atoms with E-state index < -0.39 is 0 Å². The van der Waals surface area contributed by atoms with Gasteiger partial charge in [-0.1, -0.05) is 52.0 Å². The predicted molar refractivity (Wildman–Crippen MR) is 81.2 cm³/mol. The van der Waals surface area contributed by atoms with E-state index in [1.807, 2.05) is 6.07 Å². The van der Waals surface area contributed by atoms with Crippen LogP contribution in [0.2, 0.25) is 10.0 Å². The average Bonchev–Trinajstić information content (AvgIpc) is 2.60. The Hall–Kier alpha value is 0.0800. The van der Waals surface area contributed by atoms with Crippen LogP contribution in [0.3, 0.4) is 0 Å². The molecule has 0 aromatic heterocycles. The molecule has 1 saturated carbocycles. The van der Waals surface area contributed by atoms with E-state index in [2.05, 4.69) is 15.9 Å². The Balaban J connectivity index is 2.16. The molecule has 0 heterocycles. The van der Waals surface area contributed by atoms with Crippen LogP contribution in [-0.4, -0.2) is 6.10 Å². The van der Waals surface area contributed by atoms with Crippen molar-refractivity contribution >= 4 is 39.1 Å². The largest absolute Gasteiger partial charge is 0.489 e. The zero-order valence-corrected chi connectivity index (χ0v) is 13.3. The Morgan fingerprint density at radius 1 is 1.11 bits per heavy atom. The highest BCUT2D eigenvalue weighted by atomic mass is 79.9. The van der Waals surface area contributed by atoms with Crippen molar-refractivity contribution in [2.75, 3.05) is 0 Å². The SMILES string of the molecule is Clc1cc(Cl)c(OC2CCCCCC2)c(CBr)c1. The number of benzene rings is 1. The first kappa shape index (κ1) is 14.5. The van der Waals surface area contributed by atoms with E-state index in [0.717, 1.165) is 24.2 Å². The van der Waals surface area contributed by atoms with Crippen LogP contribution < -0.4 is 4.74 Å². The van der Waals surface area contributed by atoms with Crippen molar-refractivity contribution in [1.82, 2.24) is 0 Å². The number of rotatable bonds is 3. The summed E-state index contributed by atoms with van der Waals surface area (Å²) >= 11 is 15.7. The standard InChI is InChI=1S/C14H17BrCl2O/c15-9-10-7-11(16)8-13(17)14(10)18-12-5-3-1-2-4-6-12/h7-8,12H,1-6,9H2. The van der Waals surface area contributed by atoms with E-state index in [0.29, 0.717) is 21.5 Å². The van der Waals surface area contributed by atoms with Gasteiger partial charge in [-0.05, 0) is 37.8 Å². The third kappa shape index (κ3) is 3.79. The molecule has 0 aliphatic heterocycles. The molecule has 1 fully saturated rings. The summed E-state index contributed by atoms with van der Waals surface area (Å²) in [6.07, 6.45) is 7.68. The van der Waals surface area contributed by atoms with Crippen molar-refractivity contribution in [3.8, 4) is 5.75 Å². The van der Waals surface area contributed by atoms with Crippen molar-refractivity contribution in [1.29, 1.82) is 0 Å². The molecular weight excluding hydrogens is 335 g/mol. The van der Waals surface area contributed by atoms with Crippen LogP contribution >= 0.6 is 39.1 Å². The van der Waals surface area contributed by atoms with E-state index in [-0.39, 0.29) is 0 Å². The molecule has 1 aliphatic carbocycles. The molecule has 1 aromatic rings. The third-order valence-corrected chi connectivity index (χ3v) is 4.42. The minimum atomic E-state index is 0.295. The number of ether oxygens (including phenoxy) is 1. The quantitative estimate of drug-likeness (QED) is 0.480. The van der Waals surface area contributed by atoms with Gasteiger partial charge in [0.05, 0.1) is 11.1 Å². The molecule has 0 spiro atoms. The second kappa shape index (κ2) is 7.02. The summed E-state index contributed by atoms with van der Waals surface area (Å²) in [5.41, 5.74) is 1.02. The van der Waals surface area contributed by atoms with Gasteiger partial charge in [0.15, 0.2) is 0 Å². The molecule has 0 saturated heterocycles. The van der Waals surface area contributed by atoms with Gasteiger partial charge in [-0.15, -0.1) is 0 Å². The smallest absolute Gasteiger partial charge is 0.142 e. The number of halogens is 3. The summed E-state index contributed by atoms with van der Waals surface area (Å²) < 4.78 is 6.12. The Morgan fingerprint density at radius 3 is 2.39 bits per heavy atom. The molecule has 0 unspecified atom stereocenters.